The molecule has 2 saturated carbocycles. The third-order valence-corrected chi connectivity index (χ3v) is 8.35. The normalized spacial score (nSPS) is 32.3. The lowest BCUT2D eigenvalue weighted by atomic mass is 9.71. The van der Waals surface area contributed by atoms with Crippen LogP contribution in [0.3, 0.4) is 0 Å². The fraction of sp³-hybridized carbons (Fsp3) is 0.739. The number of alkyl halides is 1. The Bertz CT molecular complexity index is 698. The first kappa shape index (κ1) is 21.6. The number of hydrogen-bond donors (Lipinski definition) is 0. The molecule has 2 aliphatic carbocycles. The number of fused-ring (bicyclic) bond motifs is 1. The monoisotopic (exact) mass is 520 g/mol. The van der Waals surface area contributed by atoms with Crippen LogP contribution in [0.4, 0.5) is 8.78 Å². The Hall–Kier alpha value is -0.630. The molecule has 0 bridgehead atoms. The van der Waals surface area contributed by atoms with E-state index in [-0.39, 0.29) is 11.5 Å². The fourth-order valence-corrected chi connectivity index (χ4v) is 5.99. The molecule has 1 aromatic carbocycles. The molecule has 0 aromatic heterocycles. The SMILES string of the molecule is COC1CCc2cc(OCC3CCC(C4CCC(I)CC4)CC3)c(F)c(F)c2O1. The summed E-state index contributed by atoms with van der Waals surface area (Å²) < 4.78 is 46.1. The van der Waals surface area contributed by atoms with Crippen molar-refractivity contribution in [3.8, 4) is 11.5 Å². The molecule has 0 radical (unpaired) electrons. The average Bonchev–Trinajstić information content (AvgIpc) is 2.76. The summed E-state index contributed by atoms with van der Waals surface area (Å²) >= 11 is 2.59. The number of benzene rings is 1. The highest BCUT2D eigenvalue weighted by atomic mass is 127. The minimum atomic E-state index is -0.964. The standard InChI is InChI=1S/C23H31F2IO3/c1-27-20-11-8-17-12-19(21(24)22(25)23(17)29-20)28-13-14-2-4-15(5-3-14)16-6-9-18(26)10-7-16/h12,14-16,18,20H,2-11,13H2,1H3. The summed E-state index contributed by atoms with van der Waals surface area (Å²) in [6.45, 7) is 0.462. The molecule has 29 heavy (non-hydrogen) atoms. The highest BCUT2D eigenvalue weighted by Crippen LogP contribution is 2.42. The maximum Gasteiger partial charge on any atom is 0.204 e. The molecule has 1 aliphatic heterocycles. The van der Waals surface area contributed by atoms with Crippen LogP contribution in [0.25, 0.3) is 0 Å². The van der Waals surface area contributed by atoms with Gasteiger partial charge in [0.2, 0.25) is 11.6 Å². The van der Waals surface area contributed by atoms with E-state index < -0.39 is 17.9 Å². The Morgan fingerprint density at radius 1 is 0.966 bits per heavy atom. The Kier molecular flexibility index (Phi) is 7.20. The van der Waals surface area contributed by atoms with Crippen LogP contribution < -0.4 is 9.47 Å². The van der Waals surface area contributed by atoms with Gasteiger partial charge in [0, 0.05) is 23.0 Å². The first-order chi connectivity index (χ1) is 14.0. The minimum absolute atomic E-state index is 0.0169. The Morgan fingerprint density at radius 3 is 2.28 bits per heavy atom. The summed E-state index contributed by atoms with van der Waals surface area (Å²) in [7, 11) is 1.50. The van der Waals surface area contributed by atoms with Crippen molar-refractivity contribution in [1.82, 2.24) is 0 Å². The molecule has 2 fully saturated rings. The van der Waals surface area contributed by atoms with E-state index in [1.54, 1.807) is 6.07 Å². The van der Waals surface area contributed by atoms with Gasteiger partial charge in [0.1, 0.15) is 0 Å². The predicted octanol–water partition coefficient (Wildman–Crippen LogP) is 6.44. The number of ether oxygens (including phenoxy) is 3. The van der Waals surface area contributed by atoms with Gasteiger partial charge in [0.25, 0.3) is 0 Å². The maximum absolute atomic E-state index is 14.5. The van der Waals surface area contributed by atoms with Gasteiger partial charge < -0.3 is 14.2 Å². The molecule has 3 nitrogen and oxygen atoms in total. The van der Waals surface area contributed by atoms with E-state index in [1.165, 1.54) is 45.6 Å². The molecule has 0 spiro atoms. The highest BCUT2D eigenvalue weighted by Gasteiger charge is 2.31. The summed E-state index contributed by atoms with van der Waals surface area (Å²) in [5.74, 6) is 0.237. The Labute approximate surface area is 186 Å². The van der Waals surface area contributed by atoms with E-state index in [9.17, 15) is 8.78 Å². The average molecular weight is 520 g/mol. The molecule has 0 saturated heterocycles. The van der Waals surface area contributed by atoms with Crippen molar-refractivity contribution >= 4 is 22.6 Å². The third kappa shape index (κ3) is 5.00. The van der Waals surface area contributed by atoms with Crippen molar-refractivity contribution in [1.29, 1.82) is 0 Å². The van der Waals surface area contributed by atoms with Crippen molar-refractivity contribution in [2.45, 2.75) is 74.4 Å². The zero-order valence-corrected chi connectivity index (χ0v) is 19.3. The van der Waals surface area contributed by atoms with Gasteiger partial charge >= 0.3 is 0 Å². The molecule has 1 atom stereocenters. The summed E-state index contributed by atoms with van der Waals surface area (Å²) in [4.78, 5) is 0. The lowest BCUT2D eigenvalue weighted by Gasteiger charge is -2.36. The first-order valence-corrected chi connectivity index (χ1v) is 12.3. The van der Waals surface area contributed by atoms with Gasteiger partial charge in [-0.1, -0.05) is 22.6 Å². The molecular formula is C23H31F2IO3. The van der Waals surface area contributed by atoms with Crippen molar-refractivity contribution in [3.63, 3.8) is 0 Å². The summed E-state index contributed by atoms with van der Waals surface area (Å²) in [6.07, 6.45) is 10.9. The lowest BCUT2D eigenvalue weighted by Crippen LogP contribution is -2.28. The van der Waals surface area contributed by atoms with Gasteiger partial charge in [0.15, 0.2) is 17.8 Å². The van der Waals surface area contributed by atoms with Gasteiger partial charge in [-0.25, -0.2) is 0 Å². The number of hydrogen-bond acceptors (Lipinski definition) is 3. The Balaban J connectivity index is 1.30. The Morgan fingerprint density at radius 2 is 1.62 bits per heavy atom. The van der Waals surface area contributed by atoms with Gasteiger partial charge in [-0.2, -0.15) is 8.78 Å². The molecule has 1 unspecified atom stereocenters. The lowest BCUT2D eigenvalue weighted by molar-refractivity contribution is -0.0679. The van der Waals surface area contributed by atoms with Crippen LogP contribution in [0.15, 0.2) is 6.07 Å². The van der Waals surface area contributed by atoms with Crippen LogP contribution in [0.2, 0.25) is 0 Å². The fourth-order valence-electron chi connectivity index (χ4n) is 5.27. The van der Waals surface area contributed by atoms with E-state index in [2.05, 4.69) is 22.6 Å². The molecule has 4 rings (SSSR count). The van der Waals surface area contributed by atoms with Gasteiger partial charge in [-0.15, -0.1) is 0 Å². The molecule has 0 amide bonds. The summed E-state index contributed by atoms with van der Waals surface area (Å²) in [5.41, 5.74) is 0.654. The van der Waals surface area contributed by atoms with E-state index in [0.717, 1.165) is 28.6 Å². The van der Waals surface area contributed by atoms with Crippen LogP contribution in [0, 0.1) is 29.4 Å². The third-order valence-electron chi connectivity index (χ3n) is 7.10. The van der Waals surface area contributed by atoms with E-state index in [0.29, 0.717) is 30.9 Å². The minimum Gasteiger partial charge on any atom is -0.490 e. The summed E-state index contributed by atoms with van der Waals surface area (Å²) in [5, 5.41) is 0. The van der Waals surface area contributed by atoms with Crippen LogP contribution in [0.1, 0.15) is 63.4 Å². The van der Waals surface area contributed by atoms with Crippen molar-refractivity contribution in [3.05, 3.63) is 23.3 Å². The number of methoxy groups -OCH3 is 1. The van der Waals surface area contributed by atoms with E-state index in [4.69, 9.17) is 14.2 Å². The smallest absolute Gasteiger partial charge is 0.204 e. The largest absolute Gasteiger partial charge is 0.490 e. The van der Waals surface area contributed by atoms with Crippen LogP contribution in [0.5, 0.6) is 11.5 Å². The number of rotatable bonds is 5. The topological polar surface area (TPSA) is 27.7 Å². The zero-order valence-electron chi connectivity index (χ0n) is 17.1. The van der Waals surface area contributed by atoms with Crippen LogP contribution >= 0.6 is 22.6 Å². The molecule has 1 heterocycles. The van der Waals surface area contributed by atoms with Crippen LogP contribution in [-0.4, -0.2) is 23.9 Å². The molecular weight excluding hydrogens is 489 g/mol. The summed E-state index contributed by atoms with van der Waals surface area (Å²) in [6, 6.07) is 1.60. The highest BCUT2D eigenvalue weighted by molar-refractivity contribution is 14.1. The molecule has 3 aliphatic rings. The van der Waals surface area contributed by atoms with Crippen molar-refractivity contribution in [2.24, 2.45) is 17.8 Å². The second-order valence-electron chi connectivity index (χ2n) is 8.92. The molecule has 1 aromatic rings. The van der Waals surface area contributed by atoms with Crippen molar-refractivity contribution in [2.75, 3.05) is 13.7 Å². The van der Waals surface area contributed by atoms with Crippen LogP contribution in [-0.2, 0) is 11.2 Å². The predicted molar refractivity (Wildman–Crippen MR) is 117 cm³/mol. The molecule has 0 N–H and O–H groups in total. The van der Waals surface area contributed by atoms with Crippen molar-refractivity contribution < 1.29 is 23.0 Å². The van der Waals surface area contributed by atoms with Gasteiger partial charge in [0.05, 0.1) is 6.61 Å². The molecule has 6 heteroatoms. The maximum atomic E-state index is 14.5. The number of halogens is 3. The molecule has 162 valence electrons. The second-order valence-corrected chi connectivity index (χ2v) is 10.7. The van der Waals surface area contributed by atoms with E-state index in [1.807, 2.05) is 0 Å². The number of aryl methyl sites for hydroxylation is 1. The second kappa shape index (κ2) is 9.67. The first-order valence-electron chi connectivity index (χ1n) is 11.0. The quantitative estimate of drug-likeness (QED) is 0.330. The van der Waals surface area contributed by atoms with Gasteiger partial charge in [-0.3, -0.25) is 0 Å². The zero-order chi connectivity index (χ0) is 20.4. The van der Waals surface area contributed by atoms with Gasteiger partial charge in [-0.05, 0) is 81.6 Å². The van der Waals surface area contributed by atoms with E-state index >= 15 is 0 Å².